The van der Waals surface area contributed by atoms with Crippen molar-refractivity contribution in [2.75, 3.05) is 13.1 Å². The molecule has 0 spiro atoms. The molecule has 0 saturated carbocycles. The second-order valence-corrected chi connectivity index (χ2v) is 6.91. The first-order chi connectivity index (χ1) is 13.3. The Kier molecular flexibility index (Phi) is 5.34. The highest BCUT2D eigenvalue weighted by molar-refractivity contribution is 5.78. The molecule has 6 nitrogen and oxygen atoms in total. The summed E-state index contributed by atoms with van der Waals surface area (Å²) >= 11 is 0. The number of amides is 1. The number of rotatable bonds is 6. The highest BCUT2D eigenvalue weighted by Gasteiger charge is 2.25. The van der Waals surface area contributed by atoms with Gasteiger partial charge in [-0.1, -0.05) is 35.5 Å². The van der Waals surface area contributed by atoms with Crippen LogP contribution >= 0.6 is 0 Å². The van der Waals surface area contributed by atoms with E-state index in [4.69, 9.17) is 8.94 Å². The maximum atomic E-state index is 12.4. The van der Waals surface area contributed by atoms with Gasteiger partial charge in [-0.3, -0.25) is 9.69 Å². The molecule has 0 unspecified atom stereocenters. The number of nitrogens with one attached hydrogen (secondary N) is 1. The topological polar surface area (TPSA) is 71.5 Å². The highest BCUT2D eigenvalue weighted by Crippen LogP contribution is 2.23. The number of hydrogen-bond donors (Lipinski definition) is 1. The standard InChI is InChI=1S/C21H23N3O3/c25-21(22-14-16-5-2-1-3-6-16)17-8-10-24(11-9-17)15-18-13-20(27-23-18)19-7-4-12-26-19/h1-7,12-13,17H,8-11,14-15H2,(H,22,25). The smallest absolute Gasteiger partial charge is 0.223 e. The predicted molar refractivity (Wildman–Crippen MR) is 100 cm³/mol. The predicted octanol–water partition coefficient (Wildman–Crippen LogP) is 3.46. The van der Waals surface area contributed by atoms with Crippen LogP contribution in [0.5, 0.6) is 0 Å². The van der Waals surface area contributed by atoms with Crippen molar-refractivity contribution in [3.63, 3.8) is 0 Å². The van der Waals surface area contributed by atoms with Crippen molar-refractivity contribution < 1.29 is 13.7 Å². The van der Waals surface area contributed by atoms with Gasteiger partial charge < -0.3 is 14.3 Å². The minimum atomic E-state index is 0.0842. The summed E-state index contributed by atoms with van der Waals surface area (Å²) in [6, 6.07) is 15.6. The van der Waals surface area contributed by atoms with E-state index in [2.05, 4.69) is 15.4 Å². The van der Waals surface area contributed by atoms with E-state index in [1.54, 1.807) is 6.26 Å². The molecule has 1 aliphatic heterocycles. The van der Waals surface area contributed by atoms with Crippen LogP contribution in [0.15, 0.2) is 63.7 Å². The Bertz CT molecular complexity index is 850. The first-order valence-electron chi connectivity index (χ1n) is 9.31. The van der Waals surface area contributed by atoms with Crippen molar-refractivity contribution in [3.8, 4) is 11.5 Å². The van der Waals surface area contributed by atoms with Gasteiger partial charge in [-0.05, 0) is 43.6 Å². The van der Waals surface area contributed by atoms with E-state index in [1.165, 1.54) is 0 Å². The minimum absolute atomic E-state index is 0.0842. The minimum Gasteiger partial charge on any atom is -0.461 e. The van der Waals surface area contributed by atoms with Crippen LogP contribution in [0, 0.1) is 5.92 Å². The third-order valence-corrected chi connectivity index (χ3v) is 4.98. The molecule has 1 fully saturated rings. The molecule has 0 aliphatic carbocycles. The van der Waals surface area contributed by atoms with Crippen LogP contribution in [-0.4, -0.2) is 29.1 Å². The lowest BCUT2D eigenvalue weighted by Gasteiger charge is -2.30. The number of benzene rings is 1. The molecule has 1 amide bonds. The second kappa shape index (κ2) is 8.22. The van der Waals surface area contributed by atoms with E-state index < -0.39 is 0 Å². The van der Waals surface area contributed by atoms with E-state index in [-0.39, 0.29) is 11.8 Å². The quantitative estimate of drug-likeness (QED) is 0.724. The summed E-state index contributed by atoms with van der Waals surface area (Å²) in [5.41, 5.74) is 2.01. The average molecular weight is 365 g/mol. The molecule has 1 N–H and O–H groups in total. The van der Waals surface area contributed by atoms with Gasteiger partial charge in [0, 0.05) is 25.1 Å². The number of aromatic nitrogens is 1. The van der Waals surface area contributed by atoms with Gasteiger partial charge in [0.1, 0.15) is 0 Å². The Morgan fingerprint density at radius 2 is 1.93 bits per heavy atom. The summed E-state index contributed by atoms with van der Waals surface area (Å²) in [4.78, 5) is 14.7. The Morgan fingerprint density at radius 3 is 2.67 bits per heavy atom. The van der Waals surface area contributed by atoms with Gasteiger partial charge in [-0.15, -0.1) is 0 Å². The summed E-state index contributed by atoms with van der Waals surface area (Å²) < 4.78 is 10.7. The molecule has 27 heavy (non-hydrogen) atoms. The van der Waals surface area contributed by atoms with Crippen molar-refractivity contribution in [3.05, 3.63) is 66.1 Å². The van der Waals surface area contributed by atoms with Gasteiger partial charge in [0.25, 0.3) is 0 Å². The third kappa shape index (κ3) is 4.46. The molecule has 4 rings (SSSR count). The maximum absolute atomic E-state index is 12.4. The number of carbonyl (C=O) groups excluding carboxylic acids is 1. The number of hydrogen-bond acceptors (Lipinski definition) is 5. The zero-order valence-electron chi connectivity index (χ0n) is 15.1. The van der Waals surface area contributed by atoms with Gasteiger partial charge >= 0.3 is 0 Å². The SMILES string of the molecule is O=C(NCc1ccccc1)C1CCN(Cc2cc(-c3ccco3)on2)CC1. The van der Waals surface area contributed by atoms with E-state index in [1.807, 2.05) is 48.5 Å². The highest BCUT2D eigenvalue weighted by atomic mass is 16.5. The molecule has 140 valence electrons. The van der Waals surface area contributed by atoms with Crippen molar-refractivity contribution in [2.45, 2.75) is 25.9 Å². The Balaban J connectivity index is 1.23. The number of carbonyl (C=O) groups is 1. The van der Waals surface area contributed by atoms with Gasteiger partial charge in [-0.25, -0.2) is 0 Å². The van der Waals surface area contributed by atoms with Crippen LogP contribution in [0.4, 0.5) is 0 Å². The molecule has 0 radical (unpaired) electrons. The molecule has 1 saturated heterocycles. The molecule has 1 aliphatic rings. The monoisotopic (exact) mass is 365 g/mol. The van der Waals surface area contributed by atoms with E-state index in [0.29, 0.717) is 18.1 Å². The lowest BCUT2D eigenvalue weighted by atomic mass is 9.95. The number of piperidine rings is 1. The van der Waals surface area contributed by atoms with Crippen molar-refractivity contribution >= 4 is 5.91 Å². The van der Waals surface area contributed by atoms with Gasteiger partial charge in [0.15, 0.2) is 5.76 Å². The summed E-state index contributed by atoms with van der Waals surface area (Å²) in [5.74, 6) is 1.56. The fourth-order valence-corrected chi connectivity index (χ4v) is 3.43. The first kappa shape index (κ1) is 17.5. The summed E-state index contributed by atoms with van der Waals surface area (Å²) in [7, 11) is 0. The Morgan fingerprint density at radius 1 is 1.11 bits per heavy atom. The lowest BCUT2D eigenvalue weighted by molar-refractivity contribution is -0.126. The molecule has 6 heteroatoms. The zero-order chi connectivity index (χ0) is 18.5. The summed E-state index contributed by atoms with van der Waals surface area (Å²) in [6.45, 7) is 3.08. The average Bonchev–Trinajstić information content (AvgIpc) is 3.39. The van der Waals surface area contributed by atoms with Crippen molar-refractivity contribution in [1.29, 1.82) is 0 Å². The van der Waals surface area contributed by atoms with Crippen LogP contribution in [0.2, 0.25) is 0 Å². The van der Waals surface area contributed by atoms with Crippen LogP contribution in [0.1, 0.15) is 24.1 Å². The summed E-state index contributed by atoms with van der Waals surface area (Å²) in [6.07, 6.45) is 3.35. The van der Waals surface area contributed by atoms with Crippen LogP contribution < -0.4 is 5.32 Å². The normalized spacial score (nSPS) is 15.7. The maximum Gasteiger partial charge on any atom is 0.223 e. The van der Waals surface area contributed by atoms with Gasteiger partial charge in [0.2, 0.25) is 11.7 Å². The lowest BCUT2D eigenvalue weighted by Crippen LogP contribution is -2.40. The van der Waals surface area contributed by atoms with Crippen LogP contribution in [-0.2, 0) is 17.9 Å². The van der Waals surface area contributed by atoms with E-state index in [0.717, 1.165) is 43.7 Å². The van der Waals surface area contributed by atoms with Crippen molar-refractivity contribution in [1.82, 2.24) is 15.4 Å². The number of nitrogens with zero attached hydrogens (tertiary/aromatic N) is 2. The Hall–Kier alpha value is -2.86. The number of likely N-dealkylation sites (tertiary alicyclic amines) is 1. The molecular weight excluding hydrogens is 342 g/mol. The molecule has 2 aromatic heterocycles. The van der Waals surface area contributed by atoms with Gasteiger partial charge in [-0.2, -0.15) is 0 Å². The molecule has 1 aromatic carbocycles. The van der Waals surface area contributed by atoms with Crippen LogP contribution in [0.25, 0.3) is 11.5 Å². The molecule has 0 atom stereocenters. The first-order valence-corrected chi connectivity index (χ1v) is 9.31. The van der Waals surface area contributed by atoms with Gasteiger partial charge in [0.05, 0.1) is 12.0 Å². The molecule has 3 heterocycles. The Labute approximate surface area is 158 Å². The third-order valence-electron chi connectivity index (χ3n) is 4.98. The van der Waals surface area contributed by atoms with Crippen LogP contribution in [0.3, 0.4) is 0 Å². The zero-order valence-corrected chi connectivity index (χ0v) is 15.1. The van der Waals surface area contributed by atoms with E-state index >= 15 is 0 Å². The molecule has 3 aromatic rings. The second-order valence-electron chi connectivity index (χ2n) is 6.91. The molecular formula is C21H23N3O3. The summed E-state index contributed by atoms with van der Waals surface area (Å²) in [5, 5.41) is 7.18. The van der Waals surface area contributed by atoms with E-state index in [9.17, 15) is 4.79 Å². The fraction of sp³-hybridized carbons (Fsp3) is 0.333. The fourth-order valence-electron chi connectivity index (χ4n) is 3.43. The largest absolute Gasteiger partial charge is 0.461 e. The molecule has 0 bridgehead atoms. The number of furan rings is 1. The van der Waals surface area contributed by atoms with Crippen molar-refractivity contribution in [2.24, 2.45) is 5.92 Å².